The van der Waals surface area contributed by atoms with Gasteiger partial charge in [-0.2, -0.15) is 0 Å². The number of carbonyl (C=O) groups is 2. The molecule has 0 saturated heterocycles. The van der Waals surface area contributed by atoms with Gasteiger partial charge in [-0.05, 0) is 38.3 Å². The lowest BCUT2D eigenvalue weighted by molar-refractivity contribution is -0.133. The fourth-order valence-electron chi connectivity index (χ4n) is 3.81. The number of oxime groups is 1. The van der Waals surface area contributed by atoms with E-state index in [9.17, 15) is 14.7 Å². The molecular formula is C21H24N4O5. The molecule has 158 valence electrons. The summed E-state index contributed by atoms with van der Waals surface area (Å²) in [6, 6.07) is 7.74. The molecule has 1 aliphatic heterocycles. The number of benzene rings is 1. The number of rotatable bonds is 5. The van der Waals surface area contributed by atoms with E-state index in [1.54, 1.807) is 18.2 Å². The van der Waals surface area contributed by atoms with Gasteiger partial charge in [0.15, 0.2) is 11.5 Å². The molecule has 0 radical (unpaired) electrons. The second-order valence-corrected chi connectivity index (χ2v) is 7.77. The van der Waals surface area contributed by atoms with Crippen LogP contribution in [0, 0.1) is 5.92 Å². The number of hydrogen-bond acceptors (Lipinski definition) is 7. The summed E-state index contributed by atoms with van der Waals surface area (Å²) >= 11 is 0. The zero-order valence-corrected chi connectivity index (χ0v) is 16.8. The molecule has 9 heteroatoms. The van der Waals surface area contributed by atoms with Gasteiger partial charge in [0, 0.05) is 24.1 Å². The van der Waals surface area contributed by atoms with Gasteiger partial charge in [-0.1, -0.05) is 29.4 Å². The van der Waals surface area contributed by atoms with Crippen molar-refractivity contribution in [2.24, 2.45) is 11.1 Å². The molecule has 9 nitrogen and oxygen atoms in total. The van der Waals surface area contributed by atoms with E-state index in [0.29, 0.717) is 11.3 Å². The summed E-state index contributed by atoms with van der Waals surface area (Å²) in [7, 11) is 0. The summed E-state index contributed by atoms with van der Waals surface area (Å²) < 4.78 is 5.23. The van der Waals surface area contributed by atoms with Crippen LogP contribution in [-0.4, -0.2) is 46.0 Å². The number of nitrogens with one attached hydrogen (secondary N) is 2. The minimum Gasteiger partial charge on any atom is -0.507 e. The first kappa shape index (κ1) is 19.9. The van der Waals surface area contributed by atoms with Crippen molar-refractivity contribution in [2.45, 2.75) is 51.3 Å². The number of carbonyl (C=O) groups excluding carboxylic acids is 2. The fraction of sp³-hybridized carbons (Fsp3) is 0.429. The van der Waals surface area contributed by atoms with Crippen LogP contribution in [0.5, 0.6) is 5.75 Å². The molecule has 1 aromatic heterocycles. The van der Waals surface area contributed by atoms with E-state index in [1.165, 1.54) is 12.1 Å². The Morgan fingerprint density at radius 1 is 1.17 bits per heavy atom. The van der Waals surface area contributed by atoms with E-state index in [4.69, 9.17) is 9.36 Å². The maximum Gasteiger partial charge on any atom is 0.273 e. The summed E-state index contributed by atoms with van der Waals surface area (Å²) in [6.07, 6.45) is 1.75. The molecule has 1 fully saturated rings. The van der Waals surface area contributed by atoms with Gasteiger partial charge >= 0.3 is 0 Å². The molecule has 4 rings (SSSR count). The monoisotopic (exact) mass is 412 g/mol. The van der Waals surface area contributed by atoms with Crippen molar-refractivity contribution in [3.63, 3.8) is 0 Å². The van der Waals surface area contributed by atoms with Crippen LogP contribution in [-0.2, 0) is 9.63 Å². The molecule has 0 unspecified atom stereocenters. The van der Waals surface area contributed by atoms with Gasteiger partial charge in [0.25, 0.3) is 11.8 Å². The maximum atomic E-state index is 12.7. The van der Waals surface area contributed by atoms with Crippen molar-refractivity contribution in [1.82, 2.24) is 15.8 Å². The first-order valence-corrected chi connectivity index (χ1v) is 10.0. The van der Waals surface area contributed by atoms with Crippen LogP contribution >= 0.6 is 0 Å². The van der Waals surface area contributed by atoms with Gasteiger partial charge in [-0.25, -0.2) is 0 Å². The molecule has 1 aromatic carbocycles. The lowest BCUT2D eigenvalue weighted by Gasteiger charge is -2.23. The zero-order valence-electron chi connectivity index (χ0n) is 16.8. The van der Waals surface area contributed by atoms with E-state index >= 15 is 0 Å². The summed E-state index contributed by atoms with van der Waals surface area (Å²) in [5.74, 6) is -0.352. The Morgan fingerprint density at radius 3 is 2.60 bits per heavy atom. The normalized spacial score (nSPS) is 25.5. The topological polar surface area (TPSA) is 126 Å². The summed E-state index contributed by atoms with van der Waals surface area (Å²) in [5, 5.41) is 23.6. The number of phenolic OH excluding ortho intramolecular Hbond substituents is 1. The number of nitrogens with zero attached hydrogens (tertiary/aromatic N) is 2. The van der Waals surface area contributed by atoms with Gasteiger partial charge in [0.1, 0.15) is 5.75 Å². The Hall–Kier alpha value is -3.36. The molecule has 1 saturated carbocycles. The third kappa shape index (κ3) is 3.87. The average Bonchev–Trinajstić information content (AvgIpc) is 3.45. The minimum absolute atomic E-state index is 0.0433. The lowest BCUT2D eigenvalue weighted by Crippen LogP contribution is -2.51. The van der Waals surface area contributed by atoms with Crippen LogP contribution in [0.2, 0.25) is 0 Å². The van der Waals surface area contributed by atoms with E-state index in [-0.39, 0.29) is 35.4 Å². The maximum absolute atomic E-state index is 12.7. The van der Waals surface area contributed by atoms with Crippen LogP contribution in [0.15, 0.2) is 40.0 Å². The molecule has 0 bridgehead atoms. The fourth-order valence-corrected chi connectivity index (χ4v) is 3.81. The van der Waals surface area contributed by atoms with Crippen molar-refractivity contribution < 1.29 is 24.1 Å². The van der Waals surface area contributed by atoms with Crippen LogP contribution < -0.4 is 10.6 Å². The van der Waals surface area contributed by atoms with Crippen LogP contribution in [0.1, 0.15) is 43.6 Å². The first-order valence-electron chi connectivity index (χ1n) is 10.0. The van der Waals surface area contributed by atoms with Gasteiger partial charge in [-0.3, -0.25) is 9.59 Å². The summed E-state index contributed by atoms with van der Waals surface area (Å²) in [4.78, 5) is 30.5. The number of aromatic hydroxyl groups is 1. The predicted molar refractivity (Wildman–Crippen MR) is 108 cm³/mol. The highest BCUT2D eigenvalue weighted by Crippen LogP contribution is 2.29. The van der Waals surface area contributed by atoms with E-state index in [2.05, 4.69) is 20.9 Å². The Kier molecular flexibility index (Phi) is 5.43. The van der Waals surface area contributed by atoms with Gasteiger partial charge in [-0.15, -0.1) is 0 Å². The first-order chi connectivity index (χ1) is 14.4. The highest BCUT2D eigenvalue weighted by atomic mass is 16.6. The Labute approximate surface area is 173 Å². The number of phenols is 1. The highest BCUT2D eigenvalue weighted by Gasteiger charge is 2.38. The standard InChI is InChI=1S/C21H24N4O5/c1-11-12(2)24-30-19(11)21(28)23-15-8-5-7-14(15)22-20(27)16-10-18(29-25-16)13-6-3-4-9-17(13)26/h3-4,6,9-11,14-15,19,26H,5,7-8H2,1-2H3,(H,22,27)(H,23,28)/t11-,14-,15+,19-/m0/s1. The zero-order chi connectivity index (χ0) is 21.3. The number of amides is 2. The van der Waals surface area contributed by atoms with Gasteiger partial charge in [0.05, 0.1) is 11.3 Å². The number of para-hydroxylation sites is 1. The van der Waals surface area contributed by atoms with E-state index in [1.807, 2.05) is 13.8 Å². The smallest absolute Gasteiger partial charge is 0.273 e. The number of hydrogen-bond donors (Lipinski definition) is 3. The van der Waals surface area contributed by atoms with Crippen molar-refractivity contribution in [3.8, 4) is 17.1 Å². The minimum atomic E-state index is -0.640. The Morgan fingerprint density at radius 2 is 1.90 bits per heavy atom. The average molecular weight is 412 g/mol. The molecule has 2 aromatic rings. The Bertz CT molecular complexity index is 985. The number of aromatic nitrogens is 1. The van der Waals surface area contributed by atoms with Crippen molar-refractivity contribution >= 4 is 17.5 Å². The Balaban J connectivity index is 1.38. The molecule has 0 spiro atoms. The lowest BCUT2D eigenvalue weighted by atomic mass is 10.00. The molecule has 2 heterocycles. The molecule has 2 amide bonds. The second kappa shape index (κ2) is 8.17. The van der Waals surface area contributed by atoms with Gasteiger partial charge < -0.3 is 25.1 Å². The van der Waals surface area contributed by atoms with Gasteiger partial charge in [0.2, 0.25) is 6.10 Å². The third-order valence-corrected chi connectivity index (χ3v) is 5.75. The molecule has 30 heavy (non-hydrogen) atoms. The van der Waals surface area contributed by atoms with E-state index < -0.39 is 12.0 Å². The van der Waals surface area contributed by atoms with Crippen LogP contribution in [0.4, 0.5) is 0 Å². The molecule has 2 aliphatic rings. The van der Waals surface area contributed by atoms with E-state index in [0.717, 1.165) is 25.0 Å². The van der Waals surface area contributed by atoms with Crippen molar-refractivity contribution in [3.05, 3.63) is 36.0 Å². The summed E-state index contributed by atoms with van der Waals surface area (Å²) in [6.45, 7) is 3.73. The largest absolute Gasteiger partial charge is 0.507 e. The molecule has 1 aliphatic carbocycles. The predicted octanol–water partition coefficient (Wildman–Crippen LogP) is 2.23. The quantitative estimate of drug-likeness (QED) is 0.691. The SMILES string of the molecule is CC1=NO[C@H](C(=O)N[C@@H]2CCC[C@@H]2NC(=O)c2cc(-c3ccccc3O)on2)[C@H]1C. The highest BCUT2D eigenvalue weighted by molar-refractivity contribution is 5.94. The van der Waals surface area contributed by atoms with Crippen molar-refractivity contribution in [1.29, 1.82) is 0 Å². The van der Waals surface area contributed by atoms with Crippen LogP contribution in [0.3, 0.4) is 0 Å². The molecular weight excluding hydrogens is 388 g/mol. The third-order valence-electron chi connectivity index (χ3n) is 5.75. The van der Waals surface area contributed by atoms with Crippen molar-refractivity contribution in [2.75, 3.05) is 0 Å². The molecule has 3 N–H and O–H groups in total. The molecule has 4 atom stereocenters. The van der Waals surface area contributed by atoms with Crippen LogP contribution in [0.25, 0.3) is 11.3 Å². The second-order valence-electron chi connectivity index (χ2n) is 7.77. The summed E-state index contributed by atoms with van der Waals surface area (Å²) in [5.41, 5.74) is 1.36.